The zero-order valence-corrected chi connectivity index (χ0v) is 19.2. The summed E-state index contributed by atoms with van der Waals surface area (Å²) in [6.45, 7) is 7.47. The van der Waals surface area contributed by atoms with Crippen molar-refractivity contribution in [2.24, 2.45) is 0 Å². The van der Waals surface area contributed by atoms with Crippen LogP contribution < -0.4 is 14.4 Å². The van der Waals surface area contributed by atoms with Gasteiger partial charge in [0.25, 0.3) is 5.91 Å². The second kappa shape index (κ2) is 11.3. The van der Waals surface area contributed by atoms with Crippen LogP contribution in [0.3, 0.4) is 0 Å². The number of hydrogen-bond acceptors (Lipinski definition) is 7. The number of ether oxygens (including phenoxy) is 3. The van der Waals surface area contributed by atoms with Crippen LogP contribution in [0, 0.1) is 0 Å². The molecule has 170 valence electrons. The molecule has 1 amide bonds. The molecule has 4 rings (SSSR count). The van der Waals surface area contributed by atoms with E-state index in [1.54, 1.807) is 4.90 Å². The van der Waals surface area contributed by atoms with Crippen LogP contribution in [-0.2, 0) is 9.53 Å². The summed E-state index contributed by atoms with van der Waals surface area (Å²) in [7, 11) is 0. The SMILES string of the molecule is CCOc1ccc(OCC(=O)N(CCCN2CCOCC2)c2nc3ccccc3s2)cc1. The molecule has 0 N–H and O–H groups in total. The fourth-order valence-corrected chi connectivity index (χ4v) is 4.61. The Hall–Kier alpha value is -2.68. The fourth-order valence-electron chi connectivity index (χ4n) is 3.60. The summed E-state index contributed by atoms with van der Waals surface area (Å²) in [5, 5.41) is 0.716. The summed E-state index contributed by atoms with van der Waals surface area (Å²) in [6, 6.07) is 15.3. The van der Waals surface area contributed by atoms with Crippen LogP contribution in [-0.4, -0.2) is 68.4 Å². The molecule has 0 aliphatic carbocycles. The third-order valence-electron chi connectivity index (χ3n) is 5.27. The van der Waals surface area contributed by atoms with Gasteiger partial charge in [-0.05, 0) is 49.7 Å². The topological polar surface area (TPSA) is 64.1 Å². The van der Waals surface area contributed by atoms with E-state index in [1.807, 2.05) is 55.5 Å². The highest BCUT2D eigenvalue weighted by molar-refractivity contribution is 7.22. The second-order valence-electron chi connectivity index (χ2n) is 7.51. The summed E-state index contributed by atoms with van der Waals surface area (Å²) in [6.07, 6.45) is 0.866. The summed E-state index contributed by atoms with van der Waals surface area (Å²) < 4.78 is 17.7. The van der Waals surface area contributed by atoms with Crippen molar-refractivity contribution in [3.05, 3.63) is 48.5 Å². The Bertz CT molecular complexity index is 969. The van der Waals surface area contributed by atoms with Gasteiger partial charge >= 0.3 is 0 Å². The number of aromatic nitrogens is 1. The molecular formula is C24H29N3O4S. The van der Waals surface area contributed by atoms with Gasteiger partial charge in [-0.3, -0.25) is 14.6 Å². The van der Waals surface area contributed by atoms with Crippen molar-refractivity contribution in [3.63, 3.8) is 0 Å². The molecule has 0 saturated carbocycles. The first-order valence-electron chi connectivity index (χ1n) is 11.0. The van der Waals surface area contributed by atoms with E-state index in [2.05, 4.69) is 4.90 Å². The Morgan fingerprint density at radius 3 is 2.53 bits per heavy atom. The van der Waals surface area contributed by atoms with E-state index in [1.165, 1.54) is 11.3 Å². The fraction of sp³-hybridized carbons (Fsp3) is 0.417. The van der Waals surface area contributed by atoms with Gasteiger partial charge in [-0.1, -0.05) is 23.5 Å². The Labute approximate surface area is 192 Å². The van der Waals surface area contributed by atoms with Crippen molar-refractivity contribution in [1.82, 2.24) is 9.88 Å². The third-order valence-corrected chi connectivity index (χ3v) is 6.33. The van der Waals surface area contributed by atoms with Gasteiger partial charge in [-0.2, -0.15) is 0 Å². The lowest BCUT2D eigenvalue weighted by Crippen LogP contribution is -2.40. The summed E-state index contributed by atoms with van der Waals surface area (Å²) in [4.78, 5) is 22.0. The number of para-hydroxylation sites is 1. The highest BCUT2D eigenvalue weighted by Crippen LogP contribution is 2.29. The Balaban J connectivity index is 1.41. The predicted molar refractivity (Wildman–Crippen MR) is 127 cm³/mol. The smallest absolute Gasteiger partial charge is 0.266 e. The first-order valence-corrected chi connectivity index (χ1v) is 11.9. The van der Waals surface area contributed by atoms with Crippen molar-refractivity contribution in [2.75, 3.05) is 57.5 Å². The molecule has 7 nitrogen and oxygen atoms in total. The molecule has 1 aromatic heterocycles. The van der Waals surface area contributed by atoms with Crippen molar-refractivity contribution < 1.29 is 19.0 Å². The van der Waals surface area contributed by atoms with E-state index in [0.29, 0.717) is 24.0 Å². The van der Waals surface area contributed by atoms with Gasteiger partial charge in [0.2, 0.25) is 0 Å². The molecule has 2 aromatic carbocycles. The van der Waals surface area contributed by atoms with E-state index >= 15 is 0 Å². The van der Waals surface area contributed by atoms with Crippen LogP contribution in [0.2, 0.25) is 0 Å². The highest BCUT2D eigenvalue weighted by Gasteiger charge is 2.21. The molecule has 0 atom stereocenters. The Kier molecular flexibility index (Phi) is 7.92. The molecule has 1 aliphatic heterocycles. The first kappa shape index (κ1) is 22.5. The van der Waals surface area contributed by atoms with Crippen LogP contribution >= 0.6 is 11.3 Å². The van der Waals surface area contributed by atoms with Crippen molar-refractivity contribution in [2.45, 2.75) is 13.3 Å². The largest absolute Gasteiger partial charge is 0.494 e. The first-order chi connectivity index (χ1) is 15.7. The van der Waals surface area contributed by atoms with Gasteiger partial charge in [-0.15, -0.1) is 0 Å². The minimum absolute atomic E-state index is 0.0402. The van der Waals surface area contributed by atoms with E-state index < -0.39 is 0 Å². The van der Waals surface area contributed by atoms with Gasteiger partial charge in [-0.25, -0.2) is 4.98 Å². The highest BCUT2D eigenvalue weighted by atomic mass is 32.1. The van der Waals surface area contributed by atoms with Crippen molar-refractivity contribution in [3.8, 4) is 11.5 Å². The number of thiazole rings is 1. The average molecular weight is 456 g/mol. The summed E-state index contributed by atoms with van der Waals surface area (Å²) in [5.41, 5.74) is 0.908. The lowest BCUT2D eigenvalue weighted by atomic mass is 10.3. The minimum atomic E-state index is -0.0973. The number of amides is 1. The van der Waals surface area contributed by atoms with Gasteiger partial charge < -0.3 is 14.2 Å². The van der Waals surface area contributed by atoms with Gasteiger partial charge in [0.05, 0.1) is 30.0 Å². The molecule has 3 aromatic rings. The maximum absolute atomic E-state index is 13.2. The number of benzene rings is 2. The Morgan fingerprint density at radius 2 is 1.81 bits per heavy atom. The maximum Gasteiger partial charge on any atom is 0.266 e. The molecule has 0 bridgehead atoms. The molecule has 1 fully saturated rings. The second-order valence-corrected chi connectivity index (χ2v) is 8.52. The molecule has 0 unspecified atom stereocenters. The van der Waals surface area contributed by atoms with Gasteiger partial charge in [0.15, 0.2) is 11.7 Å². The average Bonchev–Trinajstić information content (AvgIpc) is 3.26. The van der Waals surface area contributed by atoms with E-state index in [-0.39, 0.29) is 12.5 Å². The van der Waals surface area contributed by atoms with E-state index in [9.17, 15) is 4.79 Å². The summed E-state index contributed by atoms with van der Waals surface area (Å²) in [5.74, 6) is 1.32. The minimum Gasteiger partial charge on any atom is -0.494 e. The quantitative estimate of drug-likeness (QED) is 0.463. The molecule has 2 heterocycles. The van der Waals surface area contributed by atoms with Crippen LogP contribution in [0.5, 0.6) is 11.5 Å². The number of fused-ring (bicyclic) bond motifs is 1. The van der Waals surface area contributed by atoms with E-state index in [4.69, 9.17) is 19.2 Å². The zero-order chi connectivity index (χ0) is 22.2. The van der Waals surface area contributed by atoms with E-state index in [0.717, 1.165) is 55.2 Å². The number of morpholine rings is 1. The molecule has 0 spiro atoms. The molecule has 1 aliphatic rings. The normalized spacial score (nSPS) is 14.4. The monoisotopic (exact) mass is 455 g/mol. The number of hydrogen-bond donors (Lipinski definition) is 0. The van der Waals surface area contributed by atoms with Crippen molar-refractivity contribution >= 4 is 32.6 Å². The molecule has 0 radical (unpaired) electrons. The number of anilines is 1. The van der Waals surface area contributed by atoms with Crippen LogP contribution in [0.1, 0.15) is 13.3 Å². The zero-order valence-electron chi connectivity index (χ0n) is 18.4. The maximum atomic E-state index is 13.2. The lowest BCUT2D eigenvalue weighted by molar-refractivity contribution is -0.120. The Morgan fingerprint density at radius 1 is 1.09 bits per heavy atom. The molecule has 32 heavy (non-hydrogen) atoms. The molecule has 1 saturated heterocycles. The number of rotatable bonds is 10. The van der Waals surface area contributed by atoms with Gasteiger partial charge in [0.1, 0.15) is 11.5 Å². The molecule has 8 heteroatoms. The molecular weight excluding hydrogens is 426 g/mol. The van der Waals surface area contributed by atoms with Crippen LogP contribution in [0.4, 0.5) is 5.13 Å². The lowest BCUT2D eigenvalue weighted by Gasteiger charge is -2.27. The van der Waals surface area contributed by atoms with Crippen LogP contribution in [0.25, 0.3) is 10.2 Å². The number of carbonyl (C=O) groups is 1. The predicted octanol–water partition coefficient (Wildman–Crippen LogP) is 3.83. The van der Waals surface area contributed by atoms with Crippen LogP contribution in [0.15, 0.2) is 48.5 Å². The third kappa shape index (κ3) is 5.97. The standard InChI is InChI=1S/C24H29N3O4S/c1-2-30-19-8-10-20(11-9-19)31-18-23(28)27(13-5-12-26-14-16-29-17-15-26)24-25-21-6-3-4-7-22(21)32-24/h3-4,6-11H,2,5,12-18H2,1H3. The van der Waals surface area contributed by atoms with Crippen molar-refractivity contribution in [1.29, 1.82) is 0 Å². The summed E-state index contributed by atoms with van der Waals surface area (Å²) >= 11 is 1.54. The number of carbonyl (C=O) groups excluding carboxylic acids is 1. The number of nitrogens with zero attached hydrogens (tertiary/aromatic N) is 3. The van der Waals surface area contributed by atoms with Gasteiger partial charge in [0, 0.05) is 26.2 Å².